The summed E-state index contributed by atoms with van der Waals surface area (Å²) in [5.41, 5.74) is 4.06. The molecule has 3 heterocycles. The number of hydrogen-bond donors (Lipinski definition) is 1. The van der Waals surface area contributed by atoms with E-state index >= 15 is 0 Å². The Hall–Kier alpha value is -3.04. The van der Waals surface area contributed by atoms with Crippen LogP contribution < -0.4 is 10.2 Å². The number of hydrogen-bond acceptors (Lipinski definition) is 6. The van der Waals surface area contributed by atoms with Gasteiger partial charge in [0, 0.05) is 49.4 Å². The van der Waals surface area contributed by atoms with Gasteiger partial charge in [0.1, 0.15) is 5.69 Å². The molecule has 1 N–H and O–H groups in total. The lowest BCUT2D eigenvalue weighted by molar-refractivity contribution is -0.118. The van der Waals surface area contributed by atoms with Gasteiger partial charge in [0.2, 0.25) is 5.91 Å². The zero-order valence-corrected chi connectivity index (χ0v) is 18.2. The molecule has 0 unspecified atom stereocenters. The summed E-state index contributed by atoms with van der Waals surface area (Å²) in [6, 6.07) is 9.54. The molecule has 0 atom stereocenters. The maximum absolute atomic E-state index is 13.0. The number of nitrogens with one attached hydrogen (secondary N) is 1. The van der Waals surface area contributed by atoms with Gasteiger partial charge in [-0.1, -0.05) is 13.0 Å². The number of carbonyl (C=O) groups is 2. The van der Waals surface area contributed by atoms with Crippen LogP contribution in [0.4, 0.5) is 9.57 Å². The number of imidazole rings is 1. The summed E-state index contributed by atoms with van der Waals surface area (Å²) in [5.74, 6) is 0.480. The van der Waals surface area contributed by atoms with Crippen LogP contribution in [-0.2, 0) is 17.8 Å². The molecular weight excluding hydrogens is 417 g/mol. The van der Waals surface area contributed by atoms with Gasteiger partial charge in [-0.15, -0.1) is 3.89 Å². The van der Waals surface area contributed by atoms with Crippen LogP contribution in [-0.4, -0.2) is 39.7 Å². The number of aromatic nitrogens is 3. The Labute approximate surface area is 185 Å². The molecule has 0 radical (unpaired) electrons. The third-order valence-corrected chi connectivity index (χ3v) is 5.26. The average Bonchev–Trinajstić information content (AvgIpc) is 3.43. The Kier molecular flexibility index (Phi) is 7.91. The van der Waals surface area contributed by atoms with Crippen LogP contribution in [0.25, 0.3) is 11.4 Å². The molecule has 7 nitrogen and oxygen atoms in total. The Morgan fingerprint density at radius 1 is 1.35 bits per heavy atom. The van der Waals surface area contributed by atoms with E-state index in [1.807, 2.05) is 44.4 Å². The quantitative estimate of drug-likeness (QED) is 0.586. The van der Waals surface area contributed by atoms with E-state index in [0.29, 0.717) is 25.1 Å². The average molecular weight is 442 g/mol. The number of aldehydes is 1. The molecule has 0 saturated heterocycles. The van der Waals surface area contributed by atoms with Crippen LogP contribution in [0.2, 0.25) is 0 Å². The first kappa shape index (κ1) is 22.6. The molecule has 0 aliphatic carbocycles. The Bertz CT molecular complexity index is 1040. The summed E-state index contributed by atoms with van der Waals surface area (Å²) in [4.78, 5) is 32.6. The van der Waals surface area contributed by atoms with Gasteiger partial charge in [0.25, 0.3) is 0 Å². The molecule has 3 aromatic rings. The summed E-state index contributed by atoms with van der Waals surface area (Å²) in [5, 5.41) is 3.04. The van der Waals surface area contributed by atoms with Crippen molar-refractivity contribution in [2.75, 3.05) is 18.5 Å². The topological polar surface area (TPSA) is 80.1 Å². The third-order valence-electron chi connectivity index (χ3n) is 4.83. The molecule has 4 rings (SSSR count). The molecule has 0 fully saturated rings. The predicted octanol–water partition coefficient (Wildman–Crippen LogP) is 3.84. The van der Waals surface area contributed by atoms with E-state index in [1.54, 1.807) is 17.2 Å². The monoisotopic (exact) mass is 441 g/mol. The van der Waals surface area contributed by atoms with Gasteiger partial charge in [0.15, 0.2) is 24.4 Å². The fourth-order valence-corrected chi connectivity index (χ4v) is 3.74. The molecule has 1 aliphatic rings. The molecule has 162 valence electrons. The second-order valence-corrected chi connectivity index (χ2v) is 7.42. The minimum atomic E-state index is -0.000447. The SMILES string of the molecule is CCC(=O)N1CCc2cc(-c3nc(C=O)cn3SF)ccc21.CNCc1cccnc1. The van der Waals surface area contributed by atoms with E-state index in [2.05, 4.69) is 15.3 Å². The summed E-state index contributed by atoms with van der Waals surface area (Å²) in [6.07, 6.45) is 6.81. The number of rotatable bonds is 6. The van der Waals surface area contributed by atoms with Crippen molar-refractivity contribution in [3.8, 4) is 11.4 Å². The number of fused-ring (bicyclic) bond motifs is 1. The van der Waals surface area contributed by atoms with Gasteiger partial charge < -0.3 is 10.2 Å². The highest BCUT2D eigenvalue weighted by Crippen LogP contribution is 2.33. The second-order valence-electron chi connectivity index (χ2n) is 6.89. The number of carbonyl (C=O) groups excluding carboxylic acids is 2. The summed E-state index contributed by atoms with van der Waals surface area (Å²) in [6.45, 7) is 3.40. The van der Waals surface area contributed by atoms with Crippen molar-refractivity contribution >= 4 is 30.2 Å². The summed E-state index contributed by atoms with van der Waals surface area (Å²) in [7, 11) is 1.92. The molecule has 9 heteroatoms. The fraction of sp³-hybridized carbons (Fsp3) is 0.273. The molecule has 1 amide bonds. The highest BCUT2D eigenvalue weighted by molar-refractivity contribution is 7.92. The van der Waals surface area contributed by atoms with E-state index in [4.69, 9.17) is 0 Å². The largest absolute Gasteiger partial charge is 0.316 e. The standard InChI is InChI=1S/C15H14FN3O2S.C7H10N2/c1-2-14(21)18-6-5-10-7-11(3-4-13(10)18)15-17-12(9-20)8-19(15)22-16;1-8-5-7-3-2-4-9-6-7/h3-4,7-9H,2,5-6H2,1H3;2-4,6,8H,5H2,1H3. The maximum Gasteiger partial charge on any atom is 0.226 e. The molecule has 2 aromatic heterocycles. The highest BCUT2D eigenvalue weighted by atomic mass is 32.2. The molecule has 0 spiro atoms. The van der Waals surface area contributed by atoms with Gasteiger partial charge in [0.05, 0.1) is 0 Å². The molecule has 0 saturated carbocycles. The number of halogens is 1. The number of anilines is 1. The summed E-state index contributed by atoms with van der Waals surface area (Å²) < 4.78 is 14.2. The second kappa shape index (κ2) is 10.8. The Morgan fingerprint density at radius 3 is 2.84 bits per heavy atom. The maximum atomic E-state index is 13.0. The zero-order valence-electron chi connectivity index (χ0n) is 17.4. The molecule has 31 heavy (non-hydrogen) atoms. The minimum Gasteiger partial charge on any atom is -0.316 e. The van der Waals surface area contributed by atoms with E-state index in [9.17, 15) is 13.5 Å². The van der Waals surface area contributed by atoms with Gasteiger partial charge in [-0.3, -0.25) is 14.6 Å². The van der Waals surface area contributed by atoms with E-state index in [0.717, 1.165) is 29.8 Å². The van der Waals surface area contributed by atoms with Gasteiger partial charge in [-0.05, 0) is 48.9 Å². The van der Waals surface area contributed by atoms with E-state index in [-0.39, 0.29) is 23.9 Å². The number of benzene rings is 1. The van der Waals surface area contributed by atoms with Crippen molar-refractivity contribution in [3.05, 3.63) is 65.7 Å². The van der Waals surface area contributed by atoms with Crippen LogP contribution in [0, 0.1) is 0 Å². The lowest BCUT2D eigenvalue weighted by Crippen LogP contribution is -2.27. The van der Waals surface area contributed by atoms with E-state index in [1.165, 1.54) is 15.7 Å². The first-order chi connectivity index (χ1) is 15.1. The molecule has 0 bridgehead atoms. The lowest BCUT2D eigenvalue weighted by Gasteiger charge is -2.16. The van der Waals surface area contributed by atoms with Crippen molar-refractivity contribution < 1.29 is 13.5 Å². The zero-order chi connectivity index (χ0) is 22.2. The van der Waals surface area contributed by atoms with Crippen LogP contribution >= 0.6 is 12.3 Å². The highest BCUT2D eigenvalue weighted by Gasteiger charge is 2.24. The van der Waals surface area contributed by atoms with Gasteiger partial charge in [-0.2, -0.15) is 0 Å². The fourth-order valence-electron chi connectivity index (χ4n) is 3.38. The number of nitrogens with zero attached hydrogens (tertiary/aromatic N) is 4. The molecule has 1 aromatic carbocycles. The van der Waals surface area contributed by atoms with Crippen molar-refractivity contribution in [1.29, 1.82) is 0 Å². The van der Waals surface area contributed by atoms with Crippen molar-refractivity contribution in [1.82, 2.24) is 19.3 Å². The Balaban J connectivity index is 0.000000254. The predicted molar refractivity (Wildman–Crippen MR) is 120 cm³/mol. The molecule has 1 aliphatic heterocycles. The van der Waals surface area contributed by atoms with Crippen LogP contribution in [0.15, 0.2) is 48.9 Å². The van der Waals surface area contributed by atoms with Crippen LogP contribution in [0.3, 0.4) is 0 Å². The third kappa shape index (κ3) is 5.36. The summed E-state index contributed by atoms with van der Waals surface area (Å²) >= 11 is -0.000447. The number of pyridine rings is 1. The minimum absolute atomic E-state index is 0.000447. The van der Waals surface area contributed by atoms with Crippen LogP contribution in [0.5, 0.6) is 0 Å². The first-order valence-corrected chi connectivity index (χ1v) is 10.6. The Morgan fingerprint density at radius 2 is 2.19 bits per heavy atom. The van der Waals surface area contributed by atoms with Gasteiger partial charge >= 0.3 is 0 Å². The smallest absolute Gasteiger partial charge is 0.226 e. The van der Waals surface area contributed by atoms with Gasteiger partial charge in [-0.25, -0.2) is 8.96 Å². The van der Waals surface area contributed by atoms with Crippen molar-refractivity contribution in [3.63, 3.8) is 0 Å². The van der Waals surface area contributed by atoms with Crippen molar-refractivity contribution in [2.24, 2.45) is 0 Å². The number of amides is 1. The van der Waals surface area contributed by atoms with Crippen LogP contribution in [0.1, 0.15) is 35.0 Å². The molecular formula is C22H24FN5O2S. The normalized spacial score (nSPS) is 12.2. The van der Waals surface area contributed by atoms with Crippen molar-refractivity contribution in [2.45, 2.75) is 26.3 Å². The lowest BCUT2D eigenvalue weighted by atomic mass is 10.1. The van der Waals surface area contributed by atoms with E-state index < -0.39 is 0 Å². The first-order valence-electron chi connectivity index (χ1n) is 9.92.